The number of nitro groups is 1. The second-order valence-corrected chi connectivity index (χ2v) is 5.80. The Kier molecular flexibility index (Phi) is 7.15. The summed E-state index contributed by atoms with van der Waals surface area (Å²) in [6.45, 7) is 9.77. The van der Waals surface area contributed by atoms with Crippen LogP contribution in [0.2, 0.25) is 0 Å². The molecule has 0 saturated heterocycles. The maximum absolute atomic E-state index is 11.2. The molecule has 0 heterocycles. The summed E-state index contributed by atoms with van der Waals surface area (Å²) < 4.78 is 5.68. The van der Waals surface area contributed by atoms with Gasteiger partial charge in [0, 0.05) is 12.6 Å². The normalized spacial score (nSPS) is 12.4. The molecule has 0 aromatic heterocycles. The zero-order chi connectivity index (χ0) is 15.8. The minimum Gasteiger partial charge on any atom is -0.484 e. The smallest absolute Gasteiger partial charge is 0.311 e. The van der Waals surface area contributed by atoms with Gasteiger partial charge in [-0.2, -0.15) is 0 Å². The predicted octanol–water partition coefficient (Wildman–Crippen LogP) is 3.91. The standard InChI is InChI=1S/C16H26N2O3/c1-5-6-13(4)21-16-8-7-14(9-15(16)18(19)20)11-17-10-12(2)3/h7-9,12-13,17H,5-6,10-11H2,1-4H3. The molecule has 1 unspecified atom stereocenters. The largest absolute Gasteiger partial charge is 0.484 e. The van der Waals surface area contributed by atoms with E-state index in [4.69, 9.17) is 4.74 Å². The summed E-state index contributed by atoms with van der Waals surface area (Å²) in [5.41, 5.74) is 0.944. The van der Waals surface area contributed by atoms with Gasteiger partial charge in [0.15, 0.2) is 5.75 Å². The maximum Gasteiger partial charge on any atom is 0.311 e. The van der Waals surface area contributed by atoms with Crippen molar-refractivity contribution in [1.82, 2.24) is 5.32 Å². The van der Waals surface area contributed by atoms with Crippen molar-refractivity contribution in [2.45, 2.75) is 53.2 Å². The van der Waals surface area contributed by atoms with E-state index >= 15 is 0 Å². The van der Waals surface area contributed by atoms with Crippen LogP contribution >= 0.6 is 0 Å². The Morgan fingerprint density at radius 3 is 2.62 bits per heavy atom. The van der Waals surface area contributed by atoms with Crippen LogP contribution in [0.5, 0.6) is 5.75 Å². The number of nitro benzene ring substituents is 1. The molecule has 0 saturated carbocycles. The van der Waals surface area contributed by atoms with Gasteiger partial charge in [0.05, 0.1) is 11.0 Å². The molecule has 1 N–H and O–H groups in total. The highest BCUT2D eigenvalue weighted by molar-refractivity contribution is 5.48. The fourth-order valence-corrected chi connectivity index (χ4v) is 2.10. The lowest BCUT2D eigenvalue weighted by Gasteiger charge is -2.14. The van der Waals surface area contributed by atoms with Crippen molar-refractivity contribution in [1.29, 1.82) is 0 Å². The maximum atomic E-state index is 11.2. The van der Waals surface area contributed by atoms with Crippen molar-refractivity contribution in [3.8, 4) is 5.75 Å². The summed E-state index contributed by atoms with van der Waals surface area (Å²) in [6, 6.07) is 5.19. The number of hydrogen-bond acceptors (Lipinski definition) is 4. The van der Waals surface area contributed by atoms with Gasteiger partial charge >= 0.3 is 5.69 Å². The lowest BCUT2D eigenvalue weighted by molar-refractivity contribution is -0.386. The Morgan fingerprint density at radius 1 is 1.33 bits per heavy atom. The molecule has 0 aliphatic rings. The highest BCUT2D eigenvalue weighted by Crippen LogP contribution is 2.29. The molecule has 0 aliphatic heterocycles. The van der Waals surface area contributed by atoms with E-state index in [-0.39, 0.29) is 16.7 Å². The summed E-state index contributed by atoms with van der Waals surface area (Å²) in [6.07, 6.45) is 1.86. The minimum atomic E-state index is -0.375. The fraction of sp³-hybridized carbons (Fsp3) is 0.625. The van der Waals surface area contributed by atoms with E-state index in [1.54, 1.807) is 12.1 Å². The lowest BCUT2D eigenvalue weighted by atomic mass is 10.1. The molecule has 0 bridgehead atoms. The second-order valence-electron chi connectivity index (χ2n) is 5.80. The zero-order valence-corrected chi connectivity index (χ0v) is 13.4. The van der Waals surface area contributed by atoms with Crippen molar-refractivity contribution < 1.29 is 9.66 Å². The van der Waals surface area contributed by atoms with Gasteiger partial charge in [-0.3, -0.25) is 10.1 Å². The van der Waals surface area contributed by atoms with Crippen molar-refractivity contribution in [2.75, 3.05) is 6.54 Å². The molecular formula is C16H26N2O3. The topological polar surface area (TPSA) is 64.4 Å². The van der Waals surface area contributed by atoms with Crippen molar-refractivity contribution in [3.05, 3.63) is 33.9 Å². The molecule has 1 aromatic carbocycles. The molecule has 21 heavy (non-hydrogen) atoms. The molecular weight excluding hydrogens is 268 g/mol. The highest BCUT2D eigenvalue weighted by Gasteiger charge is 2.17. The van der Waals surface area contributed by atoms with Gasteiger partial charge in [-0.05, 0) is 37.4 Å². The number of nitrogens with one attached hydrogen (secondary N) is 1. The fourth-order valence-electron chi connectivity index (χ4n) is 2.10. The van der Waals surface area contributed by atoms with Crippen molar-refractivity contribution in [3.63, 3.8) is 0 Å². The molecule has 1 aromatic rings. The molecule has 0 amide bonds. The number of hydrogen-bond donors (Lipinski definition) is 1. The summed E-state index contributed by atoms with van der Waals surface area (Å²) in [5.74, 6) is 0.908. The molecule has 1 atom stereocenters. The molecule has 0 aliphatic carbocycles. The van der Waals surface area contributed by atoms with Crippen LogP contribution in [0.1, 0.15) is 46.1 Å². The Hall–Kier alpha value is -1.62. The Balaban J connectivity index is 2.79. The first-order valence-electron chi connectivity index (χ1n) is 7.58. The van der Waals surface area contributed by atoms with Crippen LogP contribution in [0.25, 0.3) is 0 Å². The van der Waals surface area contributed by atoms with Crippen LogP contribution in [-0.4, -0.2) is 17.6 Å². The summed E-state index contributed by atoms with van der Waals surface area (Å²) in [4.78, 5) is 10.8. The van der Waals surface area contributed by atoms with Gasteiger partial charge in [-0.1, -0.05) is 33.3 Å². The molecule has 0 fully saturated rings. The number of nitrogens with zero attached hydrogens (tertiary/aromatic N) is 1. The van der Waals surface area contributed by atoms with Gasteiger partial charge < -0.3 is 10.1 Å². The molecule has 5 nitrogen and oxygen atoms in total. The average molecular weight is 294 g/mol. The van der Waals surface area contributed by atoms with Crippen molar-refractivity contribution in [2.24, 2.45) is 5.92 Å². The molecule has 118 valence electrons. The van der Waals surface area contributed by atoms with Gasteiger partial charge in [0.25, 0.3) is 0 Å². The quantitative estimate of drug-likeness (QED) is 0.554. The van der Waals surface area contributed by atoms with E-state index in [0.29, 0.717) is 18.2 Å². The Morgan fingerprint density at radius 2 is 2.05 bits per heavy atom. The van der Waals surface area contributed by atoms with Crippen LogP contribution in [0, 0.1) is 16.0 Å². The molecule has 5 heteroatoms. The van der Waals surface area contributed by atoms with E-state index in [1.807, 2.05) is 13.0 Å². The zero-order valence-electron chi connectivity index (χ0n) is 13.4. The summed E-state index contributed by atoms with van der Waals surface area (Å²) in [7, 11) is 0. The van der Waals surface area contributed by atoms with E-state index < -0.39 is 0 Å². The second kappa shape index (κ2) is 8.62. The van der Waals surface area contributed by atoms with Crippen LogP contribution < -0.4 is 10.1 Å². The molecule has 0 spiro atoms. The van der Waals surface area contributed by atoms with Crippen LogP contribution in [0.3, 0.4) is 0 Å². The van der Waals surface area contributed by atoms with Gasteiger partial charge in [-0.15, -0.1) is 0 Å². The third kappa shape index (κ3) is 6.12. The number of ether oxygens (including phenoxy) is 1. The van der Waals surface area contributed by atoms with Gasteiger partial charge in [-0.25, -0.2) is 0 Å². The van der Waals surface area contributed by atoms with E-state index in [9.17, 15) is 10.1 Å². The number of rotatable bonds is 9. The van der Waals surface area contributed by atoms with E-state index in [0.717, 1.165) is 24.9 Å². The van der Waals surface area contributed by atoms with Crippen LogP contribution in [0.15, 0.2) is 18.2 Å². The monoisotopic (exact) mass is 294 g/mol. The van der Waals surface area contributed by atoms with E-state index in [1.165, 1.54) is 0 Å². The first-order valence-corrected chi connectivity index (χ1v) is 7.58. The average Bonchev–Trinajstić information content (AvgIpc) is 2.39. The van der Waals surface area contributed by atoms with Crippen LogP contribution in [0.4, 0.5) is 5.69 Å². The highest BCUT2D eigenvalue weighted by atomic mass is 16.6. The predicted molar refractivity (Wildman–Crippen MR) is 84.6 cm³/mol. The summed E-state index contributed by atoms with van der Waals surface area (Å²) >= 11 is 0. The first kappa shape index (κ1) is 17.4. The van der Waals surface area contributed by atoms with E-state index in [2.05, 4.69) is 26.1 Å². The molecule has 0 radical (unpaired) electrons. The first-order chi connectivity index (χ1) is 9.93. The Bertz CT molecular complexity index is 461. The Labute approximate surface area is 126 Å². The number of benzene rings is 1. The third-order valence-electron chi connectivity index (χ3n) is 3.13. The van der Waals surface area contributed by atoms with Crippen LogP contribution in [-0.2, 0) is 6.54 Å². The van der Waals surface area contributed by atoms with Gasteiger partial charge in [0.1, 0.15) is 0 Å². The van der Waals surface area contributed by atoms with Crippen molar-refractivity contribution >= 4 is 5.69 Å². The SMILES string of the molecule is CCCC(C)Oc1ccc(CNCC(C)C)cc1[N+](=O)[O-]. The molecule has 1 rings (SSSR count). The third-order valence-corrected chi connectivity index (χ3v) is 3.13. The van der Waals surface area contributed by atoms with Gasteiger partial charge in [0.2, 0.25) is 0 Å². The minimum absolute atomic E-state index is 0.0152. The summed E-state index contributed by atoms with van der Waals surface area (Å²) in [5, 5.41) is 14.5. The lowest BCUT2D eigenvalue weighted by Crippen LogP contribution is -2.19.